The van der Waals surface area contributed by atoms with E-state index in [9.17, 15) is 9.59 Å². The van der Waals surface area contributed by atoms with E-state index in [1.165, 1.54) is 5.56 Å². The van der Waals surface area contributed by atoms with Gasteiger partial charge in [-0.25, -0.2) is 0 Å². The zero-order chi connectivity index (χ0) is 32.3. The number of nitrogens with zero attached hydrogens (tertiary/aromatic N) is 3. The van der Waals surface area contributed by atoms with Gasteiger partial charge in [-0.3, -0.25) is 9.59 Å². The number of carbonyl (C=O) groups excluding carboxylic acids is 2. The van der Waals surface area contributed by atoms with Gasteiger partial charge in [0.25, 0.3) is 0 Å². The van der Waals surface area contributed by atoms with Crippen molar-refractivity contribution < 1.29 is 19.1 Å². The van der Waals surface area contributed by atoms with E-state index in [0.717, 1.165) is 44.3 Å². The molecule has 7 atom stereocenters. The van der Waals surface area contributed by atoms with E-state index >= 15 is 0 Å². The molecule has 43 heavy (non-hydrogen) atoms. The molecule has 1 aliphatic rings. The number of amides is 2. The topological polar surface area (TPSA) is 74.3 Å². The van der Waals surface area contributed by atoms with Gasteiger partial charge in [-0.05, 0) is 75.2 Å². The number of anilines is 1. The molecule has 1 aromatic rings. The molecule has 1 heterocycles. The van der Waals surface area contributed by atoms with Gasteiger partial charge in [0.2, 0.25) is 11.8 Å². The summed E-state index contributed by atoms with van der Waals surface area (Å²) in [4.78, 5) is 33.6. The van der Waals surface area contributed by atoms with Crippen molar-refractivity contribution in [2.45, 2.75) is 110 Å². The lowest BCUT2D eigenvalue weighted by atomic mass is 9.89. The molecule has 8 nitrogen and oxygen atoms in total. The van der Waals surface area contributed by atoms with Crippen LogP contribution in [0.15, 0.2) is 24.3 Å². The number of methoxy groups -OCH3 is 2. The standard InChI is InChI=1S/C35H62N4O4/c1-12-25(4)34(38(9)32(40)22-30(24(2)3)37(7)8)31(42-10)23-33(41)39-20-14-17-29(39)35(43-11)26(5)18-19-27-15-13-16-28(21-27)36-6/h13,15-16,21,24-26,29-31,34-36H,12,14,17-20,22-23H2,1-11H3. The molecule has 0 saturated carbocycles. The molecule has 1 N–H and O–H groups in total. The van der Waals surface area contributed by atoms with E-state index in [1.54, 1.807) is 14.2 Å². The predicted molar refractivity (Wildman–Crippen MR) is 177 cm³/mol. The van der Waals surface area contributed by atoms with Crippen LogP contribution in [0.2, 0.25) is 0 Å². The SMILES string of the molecule is CCC(C)C(C(CC(=O)N1CCCC1C(OC)C(C)CCc1cccc(NC)c1)OC)N(C)C(=O)CC(C(C)C)N(C)C. The Morgan fingerprint density at radius 1 is 1.05 bits per heavy atom. The van der Waals surface area contributed by atoms with Gasteiger partial charge in [-0.1, -0.05) is 53.2 Å². The summed E-state index contributed by atoms with van der Waals surface area (Å²) in [6.07, 6.45) is 5.03. The first kappa shape index (κ1) is 37.0. The summed E-state index contributed by atoms with van der Waals surface area (Å²) < 4.78 is 12.1. The maximum atomic E-state index is 14.0. The fourth-order valence-electron chi connectivity index (χ4n) is 7.03. The van der Waals surface area contributed by atoms with E-state index in [1.807, 2.05) is 38.0 Å². The van der Waals surface area contributed by atoms with Gasteiger partial charge in [0.05, 0.1) is 30.7 Å². The summed E-state index contributed by atoms with van der Waals surface area (Å²) >= 11 is 0. The highest BCUT2D eigenvalue weighted by Gasteiger charge is 2.40. The van der Waals surface area contributed by atoms with Gasteiger partial charge in [0.1, 0.15) is 0 Å². The fraction of sp³-hybridized carbons (Fsp3) is 0.771. The largest absolute Gasteiger partial charge is 0.388 e. The Morgan fingerprint density at radius 2 is 1.74 bits per heavy atom. The zero-order valence-electron chi connectivity index (χ0n) is 29.1. The summed E-state index contributed by atoms with van der Waals surface area (Å²) in [5.74, 6) is 1.02. The molecule has 2 amide bonds. The molecule has 0 radical (unpaired) electrons. The number of benzene rings is 1. The first-order valence-corrected chi connectivity index (χ1v) is 16.4. The van der Waals surface area contributed by atoms with Crippen LogP contribution in [0.5, 0.6) is 0 Å². The highest BCUT2D eigenvalue weighted by atomic mass is 16.5. The van der Waals surface area contributed by atoms with Crippen molar-refractivity contribution in [1.29, 1.82) is 0 Å². The summed E-state index contributed by atoms with van der Waals surface area (Å²) in [5, 5.41) is 3.22. The molecule has 246 valence electrons. The van der Waals surface area contributed by atoms with Crippen LogP contribution in [0.4, 0.5) is 5.69 Å². The van der Waals surface area contributed by atoms with E-state index < -0.39 is 0 Å². The van der Waals surface area contributed by atoms with Crippen molar-refractivity contribution in [3.05, 3.63) is 29.8 Å². The van der Waals surface area contributed by atoms with Gasteiger partial charge >= 0.3 is 0 Å². The number of nitrogens with one attached hydrogen (secondary N) is 1. The second kappa shape index (κ2) is 18.0. The fourth-order valence-corrected chi connectivity index (χ4v) is 7.03. The lowest BCUT2D eigenvalue weighted by Crippen LogP contribution is -2.53. The molecule has 0 bridgehead atoms. The third-order valence-corrected chi connectivity index (χ3v) is 9.88. The van der Waals surface area contributed by atoms with Crippen molar-refractivity contribution in [2.75, 3.05) is 54.3 Å². The molecular formula is C35H62N4O4. The van der Waals surface area contributed by atoms with Crippen LogP contribution >= 0.6 is 0 Å². The molecule has 8 heteroatoms. The van der Waals surface area contributed by atoms with Crippen molar-refractivity contribution in [2.24, 2.45) is 17.8 Å². The summed E-state index contributed by atoms with van der Waals surface area (Å²) in [7, 11) is 11.3. The van der Waals surface area contributed by atoms with E-state index in [2.05, 4.69) is 69.1 Å². The second-order valence-electron chi connectivity index (χ2n) is 13.3. The molecule has 2 rings (SSSR count). The van der Waals surface area contributed by atoms with Crippen LogP contribution in [0.3, 0.4) is 0 Å². The van der Waals surface area contributed by atoms with Crippen LogP contribution in [0.25, 0.3) is 0 Å². The number of likely N-dealkylation sites (tertiary alicyclic amines) is 1. The van der Waals surface area contributed by atoms with Crippen LogP contribution < -0.4 is 5.32 Å². The predicted octanol–water partition coefficient (Wildman–Crippen LogP) is 5.56. The first-order chi connectivity index (χ1) is 20.4. The molecule has 0 spiro atoms. The average Bonchev–Trinajstić information content (AvgIpc) is 3.47. The highest BCUT2D eigenvalue weighted by molar-refractivity contribution is 5.79. The maximum Gasteiger partial charge on any atom is 0.225 e. The number of aryl methyl sites for hydroxylation is 1. The van der Waals surface area contributed by atoms with E-state index in [4.69, 9.17) is 9.47 Å². The number of rotatable bonds is 18. The summed E-state index contributed by atoms with van der Waals surface area (Å²) in [6.45, 7) is 11.6. The Hall–Kier alpha value is -2.16. The molecule has 0 aromatic heterocycles. The lowest BCUT2D eigenvalue weighted by Gasteiger charge is -2.40. The van der Waals surface area contributed by atoms with Crippen molar-refractivity contribution in [3.8, 4) is 0 Å². The van der Waals surface area contributed by atoms with Gasteiger partial charge in [-0.15, -0.1) is 0 Å². The zero-order valence-corrected chi connectivity index (χ0v) is 29.1. The number of likely N-dealkylation sites (N-methyl/N-ethyl adjacent to an activating group) is 1. The third-order valence-electron chi connectivity index (χ3n) is 9.88. The van der Waals surface area contributed by atoms with E-state index in [0.29, 0.717) is 18.3 Å². The van der Waals surface area contributed by atoms with Crippen LogP contribution in [0, 0.1) is 17.8 Å². The molecule has 7 unspecified atom stereocenters. The minimum absolute atomic E-state index is 0.0338. The Balaban J connectivity index is 2.15. The normalized spacial score (nSPS) is 19.7. The smallest absolute Gasteiger partial charge is 0.225 e. The van der Waals surface area contributed by atoms with Crippen LogP contribution in [-0.4, -0.2) is 106 Å². The van der Waals surface area contributed by atoms with Gasteiger partial charge in [-0.2, -0.15) is 0 Å². The highest BCUT2D eigenvalue weighted by Crippen LogP contribution is 2.31. The average molecular weight is 603 g/mol. The lowest BCUT2D eigenvalue weighted by molar-refractivity contribution is -0.145. The Morgan fingerprint density at radius 3 is 2.30 bits per heavy atom. The number of hydrogen-bond donors (Lipinski definition) is 1. The maximum absolute atomic E-state index is 14.0. The quantitative estimate of drug-likeness (QED) is 0.237. The number of carbonyl (C=O) groups is 2. The second-order valence-corrected chi connectivity index (χ2v) is 13.3. The van der Waals surface area contributed by atoms with Gasteiger partial charge < -0.3 is 29.5 Å². The van der Waals surface area contributed by atoms with Crippen LogP contribution in [-0.2, 0) is 25.5 Å². The Bertz CT molecular complexity index is 978. The van der Waals surface area contributed by atoms with Gasteiger partial charge in [0.15, 0.2) is 0 Å². The number of ether oxygens (including phenoxy) is 2. The Kier molecular flexibility index (Phi) is 15.5. The van der Waals surface area contributed by atoms with Crippen molar-refractivity contribution in [1.82, 2.24) is 14.7 Å². The summed E-state index contributed by atoms with van der Waals surface area (Å²) in [5.41, 5.74) is 2.42. The van der Waals surface area contributed by atoms with E-state index in [-0.39, 0.29) is 54.5 Å². The number of hydrogen-bond acceptors (Lipinski definition) is 6. The first-order valence-electron chi connectivity index (χ1n) is 16.4. The third kappa shape index (κ3) is 10.2. The van der Waals surface area contributed by atoms with Crippen LogP contribution in [0.1, 0.15) is 78.7 Å². The molecule has 1 saturated heterocycles. The molecule has 1 aromatic carbocycles. The molecule has 0 aliphatic carbocycles. The molecule has 1 fully saturated rings. The monoisotopic (exact) mass is 602 g/mol. The van der Waals surface area contributed by atoms with Crippen molar-refractivity contribution in [3.63, 3.8) is 0 Å². The minimum Gasteiger partial charge on any atom is -0.388 e. The van der Waals surface area contributed by atoms with Gasteiger partial charge in [0, 0.05) is 53.0 Å². The summed E-state index contributed by atoms with van der Waals surface area (Å²) in [6, 6.07) is 8.54. The Labute approximate surface area is 262 Å². The minimum atomic E-state index is -0.382. The molecule has 1 aliphatic heterocycles. The molecular weight excluding hydrogens is 540 g/mol. The van der Waals surface area contributed by atoms with Crippen molar-refractivity contribution >= 4 is 17.5 Å².